The average Bonchev–Trinajstić information content (AvgIpc) is 2.93. The van der Waals surface area contributed by atoms with E-state index in [2.05, 4.69) is 39.4 Å². The molecule has 6 nitrogen and oxygen atoms in total. The minimum absolute atomic E-state index is 0.294. The summed E-state index contributed by atoms with van der Waals surface area (Å²) in [5.41, 5.74) is -0.294. The van der Waals surface area contributed by atoms with Crippen molar-refractivity contribution in [3.05, 3.63) is 28.5 Å². The third-order valence-corrected chi connectivity index (χ3v) is 3.81. The molecule has 0 amide bonds. The van der Waals surface area contributed by atoms with Crippen LogP contribution in [0, 0.1) is 0 Å². The Kier molecular flexibility index (Phi) is 4.51. The summed E-state index contributed by atoms with van der Waals surface area (Å²) >= 11 is 1.62. The molecule has 0 aliphatic carbocycles. The second kappa shape index (κ2) is 6.15. The number of nitrogens with one attached hydrogen (secondary N) is 2. The van der Waals surface area contributed by atoms with Crippen LogP contribution >= 0.6 is 11.3 Å². The fourth-order valence-electron chi connectivity index (χ4n) is 1.79. The lowest BCUT2D eigenvalue weighted by atomic mass is 10.1. The Morgan fingerprint density at radius 2 is 2.05 bits per heavy atom. The molecule has 0 saturated heterocycles. The van der Waals surface area contributed by atoms with Crippen LogP contribution in [0.4, 0.5) is 11.6 Å². The molecule has 0 radical (unpaired) electrons. The minimum Gasteiger partial charge on any atom is -0.377 e. The summed E-state index contributed by atoms with van der Waals surface area (Å²) in [6.45, 7) is 4.52. The van der Waals surface area contributed by atoms with Gasteiger partial charge in [0.15, 0.2) is 5.82 Å². The van der Waals surface area contributed by atoms with Crippen LogP contribution in [0.2, 0.25) is 0 Å². The Hall–Kier alpha value is -1.73. The smallest absolute Gasteiger partial charge is 0.158 e. The van der Waals surface area contributed by atoms with E-state index in [-0.39, 0.29) is 5.54 Å². The maximum absolute atomic E-state index is 5.09. The minimum atomic E-state index is -0.294. The van der Waals surface area contributed by atoms with Gasteiger partial charge in [0.05, 0.1) is 5.54 Å². The van der Waals surface area contributed by atoms with Gasteiger partial charge in [-0.1, -0.05) is 0 Å². The van der Waals surface area contributed by atoms with Crippen LogP contribution in [0.15, 0.2) is 17.6 Å². The predicted octanol–water partition coefficient (Wildman–Crippen LogP) is 2.47. The van der Waals surface area contributed by atoms with Gasteiger partial charge in [0.25, 0.3) is 0 Å². The Labute approximate surface area is 122 Å². The van der Waals surface area contributed by atoms with Crippen molar-refractivity contribution in [1.82, 2.24) is 15.0 Å². The van der Waals surface area contributed by atoms with Crippen molar-refractivity contribution < 1.29 is 4.74 Å². The maximum atomic E-state index is 5.09. The number of thiazole rings is 1. The third-order valence-electron chi connectivity index (χ3n) is 2.71. The van der Waals surface area contributed by atoms with E-state index in [0.29, 0.717) is 12.4 Å². The standard InChI is InChI=1S/C13H19N5OS/c1-13(2,12-15-5-6-20-12)18-10-7-9(14-3)16-11(17-10)8-19-4/h5-7H,8H2,1-4H3,(H2,14,16,17,18). The summed E-state index contributed by atoms with van der Waals surface area (Å²) in [5.74, 6) is 2.14. The molecule has 2 aromatic heterocycles. The number of hydrogen-bond acceptors (Lipinski definition) is 7. The fourth-order valence-corrected chi connectivity index (χ4v) is 2.51. The van der Waals surface area contributed by atoms with Gasteiger partial charge in [0.2, 0.25) is 0 Å². The zero-order valence-electron chi connectivity index (χ0n) is 12.1. The second-order valence-electron chi connectivity index (χ2n) is 4.82. The summed E-state index contributed by atoms with van der Waals surface area (Å²) in [4.78, 5) is 13.1. The molecule has 2 N–H and O–H groups in total. The first-order chi connectivity index (χ1) is 9.55. The summed E-state index contributed by atoms with van der Waals surface area (Å²) in [5, 5.41) is 9.40. The van der Waals surface area contributed by atoms with Crippen LogP contribution in [0.25, 0.3) is 0 Å². The van der Waals surface area contributed by atoms with E-state index < -0.39 is 0 Å². The van der Waals surface area contributed by atoms with Crippen molar-refractivity contribution in [3.63, 3.8) is 0 Å². The van der Waals surface area contributed by atoms with Crippen LogP contribution in [0.5, 0.6) is 0 Å². The number of hydrogen-bond donors (Lipinski definition) is 2. The zero-order chi connectivity index (χ0) is 14.6. The predicted molar refractivity (Wildman–Crippen MR) is 81.1 cm³/mol. The van der Waals surface area contributed by atoms with Crippen LogP contribution in [-0.2, 0) is 16.9 Å². The molecule has 7 heteroatoms. The number of nitrogens with zero attached hydrogens (tertiary/aromatic N) is 3. The van der Waals surface area contributed by atoms with Crippen molar-refractivity contribution in [2.24, 2.45) is 0 Å². The van der Waals surface area contributed by atoms with Crippen LogP contribution in [-0.4, -0.2) is 29.1 Å². The quantitative estimate of drug-likeness (QED) is 0.852. The van der Waals surface area contributed by atoms with Crippen LogP contribution in [0.1, 0.15) is 24.7 Å². The zero-order valence-corrected chi connectivity index (χ0v) is 12.9. The number of aromatic nitrogens is 3. The van der Waals surface area contributed by atoms with Gasteiger partial charge in [-0.15, -0.1) is 11.3 Å². The van der Waals surface area contributed by atoms with Gasteiger partial charge in [-0.2, -0.15) is 0 Å². The lowest BCUT2D eigenvalue weighted by Gasteiger charge is -2.24. The lowest BCUT2D eigenvalue weighted by molar-refractivity contribution is 0.178. The summed E-state index contributed by atoms with van der Waals surface area (Å²) in [7, 11) is 3.46. The van der Waals surface area contributed by atoms with Gasteiger partial charge in [-0.05, 0) is 13.8 Å². The van der Waals surface area contributed by atoms with E-state index in [1.807, 2.05) is 18.5 Å². The Balaban J connectivity index is 2.26. The number of ether oxygens (including phenoxy) is 1. The van der Waals surface area contributed by atoms with E-state index in [0.717, 1.165) is 16.6 Å². The highest BCUT2D eigenvalue weighted by atomic mass is 32.1. The first kappa shape index (κ1) is 14.7. The largest absolute Gasteiger partial charge is 0.377 e. The second-order valence-corrected chi connectivity index (χ2v) is 5.72. The molecule has 2 heterocycles. The molecule has 0 fully saturated rings. The fraction of sp³-hybridized carbons (Fsp3) is 0.462. The van der Waals surface area contributed by atoms with Crippen molar-refractivity contribution in [1.29, 1.82) is 0 Å². The van der Waals surface area contributed by atoms with Gasteiger partial charge in [0, 0.05) is 31.8 Å². The van der Waals surface area contributed by atoms with Crippen molar-refractivity contribution in [3.8, 4) is 0 Å². The molecule has 0 saturated carbocycles. The molecule has 0 atom stereocenters. The highest BCUT2D eigenvalue weighted by molar-refractivity contribution is 7.09. The maximum Gasteiger partial charge on any atom is 0.158 e. The Morgan fingerprint density at radius 1 is 1.30 bits per heavy atom. The first-order valence-corrected chi connectivity index (χ1v) is 7.16. The van der Waals surface area contributed by atoms with Crippen molar-refractivity contribution in [2.45, 2.75) is 26.0 Å². The van der Waals surface area contributed by atoms with Gasteiger partial charge in [-0.3, -0.25) is 0 Å². The summed E-state index contributed by atoms with van der Waals surface area (Å²) < 4.78 is 5.09. The molecular weight excluding hydrogens is 274 g/mol. The van der Waals surface area contributed by atoms with Crippen LogP contribution < -0.4 is 10.6 Å². The molecule has 2 aromatic rings. The highest BCUT2D eigenvalue weighted by Gasteiger charge is 2.24. The number of methoxy groups -OCH3 is 1. The molecule has 0 unspecified atom stereocenters. The SMILES string of the molecule is CNc1cc(NC(C)(C)c2nccs2)nc(COC)n1. The van der Waals surface area contributed by atoms with Gasteiger partial charge in [-0.25, -0.2) is 15.0 Å². The van der Waals surface area contributed by atoms with Gasteiger partial charge >= 0.3 is 0 Å². The van der Waals surface area contributed by atoms with Crippen molar-refractivity contribution >= 4 is 23.0 Å². The van der Waals surface area contributed by atoms with E-state index in [1.54, 1.807) is 24.6 Å². The molecular formula is C13H19N5OS. The van der Waals surface area contributed by atoms with Crippen molar-refractivity contribution in [2.75, 3.05) is 24.8 Å². The summed E-state index contributed by atoms with van der Waals surface area (Å²) in [6.07, 6.45) is 1.80. The molecule has 108 valence electrons. The Morgan fingerprint density at radius 3 is 2.65 bits per heavy atom. The molecule has 20 heavy (non-hydrogen) atoms. The lowest BCUT2D eigenvalue weighted by Crippen LogP contribution is -2.28. The molecule has 0 aliphatic rings. The summed E-state index contributed by atoms with van der Waals surface area (Å²) in [6, 6.07) is 1.87. The first-order valence-electron chi connectivity index (χ1n) is 6.28. The average molecular weight is 293 g/mol. The van der Waals surface area contributed by atoms with E-state index >= 15 is 0 Å². The van der Waals surface area contributed by atoms with E-state index in [1.165, 1.54) is 0 Å². The van der Waals surface area contributed by atoms with E-state index in [4.69, 9.17) is 4.74 Å². The van der Waals surface area contributed by atoms with Gasteiger partial charge in [0.1, 0.15) is 23.3 Å². The molecule has 2 rings (SSSR count). The van der Waals surface area contributed by atoms with Gasteiger partial charge < -0.3 is 15.4 Å². The normalized spacial score (nSPS) is 11.4. The number of anilines is 2. The van der Waals surface area contributed by atoms with Crippen LogP contribution in [0.3, 0.4) is 0 Å². The monoisotopic (exact) mass is 293 g/mol. The van der Waals surface area contributed by atoms with E-state index in [9.17, 15) is 0 Å². The molecule has 0 aliphatic heterocycles. The molecule has 0 bridgehead atoms. The highest BCUT2D eigenvalue weighted by Crippen LogP contribution is 2.27. The number of rotatable bonds is 6. The topological polar surface area (TPSA) is 72.0 Å². The molecule has 0 spiro atoms. The third kappa shape index (κ3) is 3.43. The molecule has 0 aromatic carbocycles. The Bertz CT molecular complexity index is 556.